The van der Waals surface area contributed by atoms with Crippen LogP contribution in [0, 0.1) is 11.8 Å². The van der Waals surface area contributed by atoms with Gasteiger partial charge >= 0.3 is 39.5 Å². The highest BCUT2D eigenvalue weighted by Gasteiger charge is 2.30. The second-order valence-corrected chi connectivity index (χ2v) is 30.5. The summed E-state index contributed by atoms with van der Waals surface area (Å²) in [4.78, 5) is 72.7. The zero-order valence-electron chi connectivity index (χ0n) is 60.6. The van der Waals surface area contributed by atoms with Crippen LogP contribution < -0.4 is 0 Å². The highest BCUT2D eigenvalue weighted by Crippen LogP contribution is 2.45. The fraction of sp³-hybridized carbons (Fsp3) is 0.946. The number of carbonyl (C=O) groups excluding carboxylic acids is 4. The number of phosphoric ester groups is 2. The van der Waals surface area contributed by atoms with Crippen LogP contribution in [-0.2, 0) is 65.4 Å². The summed E-state index contributed by atoms with van der Waals surface area (Å²) in [6.07, 6.45) is 52.7. The number of hydrogen-bond acceptors (Lipinski definition) is 15. The molecule has 2 unspecified atom stereocenters. The molecule has 19 heteroatoms. The lowest BCUT2D eigenvalue weighted by atomic mass is 10.0. The number of unbranched alkanes of at least 4 members (excludes halogenated alkanes) is 43. The Balaban J connectivity index is 5.25. The molecule has 5 atom stereocenters. The molecule has 552 valence electrons. The second kappa shape index (κ2) is 66.0. The number of hydrogen-bond donors (Lipinski definition) is 3. The molecule has 0 aliphatic heterocycles. The van der Waals surface area contributed by atoms with E-state index >= 15 is 0 Å². The lowest BCUT2D eigenvalue weighted by Gasteiger charge is -2.21. The fourth-order valence-electron chi connectivity index (χ4n) is 11.3. The number of esters is 4. The van der Waals surface area contributed by atoms with E-state index in [4.69, 9.17) is 37.0 Å². The van der Waals surface area contributed by atoms with E-state index in [1.807, 2.05) is 0 Å². The van der Waals surface area contributed by atoms with Crippen LogP contribution in [0.15, 0.2) is 0 Å². The first-order valence-electron chi connectivity index (χ1n) is 38.5. The number of aliphatic hydroxyl groups excluding tert-OH is 1. The molecule has 0 saturated carbocycles. The Bertz CT molecular complexity index is 1800. The second-order valence-electron chi connectivity index (χ2n) is 27.6. The van der Waals surface area contributed by atoms with Crippen molar-refractivity contribution in [2.24, 2.45) is 11.8 Å². The van der Waals surface area contributed by atoms with Gasteiger partial charge in [0.2, 0.25) is 0 Å². The van der Waals surface area contributed by atoms with Crippen molar-refractivity contribution in [2.45, 2.75) is 400 Å². The van der Waals surface area contributed by atoms with Gasteiger partial charge in [0.05, 0.1) is 26.4 Å². The van der Waals surface area contributed by atoms with E-state index in [1.54, 1.807) is 0 Å². The number of phosphoric acid groups is 2. The van der Waals surface area contributed by atoms with Gasteiger partial charge < -0.3 is 33.8 Å². The Morgan fingerprint density at radius 3 is 0.731 bits per heavy atom. The van der Waals surface area contributed by atoms with Crippen molar-refractivity contribution in [2.75, 3.05) is 39.6 Å². The Labute approximate surface area is 568 Å². The Morgan fingerprint density at radius 2 is 0.495 bits per heavy atom. The van der Waals surface area contributed by atoms with Crippen LogP contribution in [0.2, 0.25) is 0 Å². The predicted molar refractivity (Wildman–Crippen MR) is 377 cm³/mol. The Hall–Kier alpha value is -1.94. The summed E-state index contributed by atoms with van der Waals surface area (Å²) in [6.45, 7) is 9.54. The highest BCUT2D eigenvalue weighted by atomic mass is 31.2. The van der Waals surface area contributed by atoms with Crippen LogP contribution in [0.5, 0.6) is 0 Å². The molecular weight excluding hydrogens is 1220 g/mol. The number of rotatable bonds is 73. The average molecular weight is 1370 g/mol. The first kappa shape index (κ1) is 91.1. The normalized spacial score (nSPS) is 14.1. The predicted octanol–water partition coefficient (Wildman–Crippen LogP) is 21.6. The molecule has 0 aromatic heterocycles. The quantitative estimate of drug-likeness (QED) is 0.0222. The third-order valence-electron chi connectivity index (χ3n) is 17.2. The minimum Gasteiger partial charge on any atom is -0.462 e. The maximum Gasteiger partial charge on any atom is 0.472 e. The standard InChI is InChI=1S/C74H144O17P2/c1-7-9-11-13-15-17-19-21-22-24-28-32-38-44-50-56-71(76)84-62-69(90-74(79)59-53-47-40-34-30-26-25-27-31-36-42-48-54-66(3)4)64-88-92(80,81)86-60-68(75)61-87-93(82,83)89-65-70(63-85-72(77)57-51-45-41-35-37-43-49-55-67(5)6)91-73(78)58-52-46-39-33-29-23-20-18-16-14-12-10-8-2/h66-70,75H,7-65H2,1-6H3,(H,80,81)(H,82,83)/t68-,69-,70-/m1/s1. The van der Waals surface area contributed by atoms with Gasteiger partial charge in [-0.15, -0.1) is 0 Å². The molecule has 0 bridgehead atoms. The minimum absolute atomic E-state index is 0.107. The fourth-order valence-corrected chi connectivity index (χ4v) is 12.9. The first-order valence-corrected chi connectivity index (χ1v) is 41.5. The SMILES string of the molecule is CCCCCCCCCCCCCCCCCC(=O)OC[C@H](COP(=O)(O)OC[C@@H](O)COP(=O)(O)OC[C@@H](COC(=O)CCCCCCCCCC(C)C)OC(=O)CCCCCCCCCCCCCCC)OC(=O)CCCCCCCCCCCCCCC(C)C. The molecule has 0 radical (unpaired) electrons. The van der Waals surface area contributed by atoms with Gasteiger partial charge in [-0.2, -0.15) is 0 Å². The monoisotopic (exact) mass is 1370 g/mol. The van der Waals surface area contributed by atoms with Gasteiger partial charge in [-0.25, -0.2) is 9.13 Å². The van der Waals surface area contributed by atoms with Crippen LogP contribution in [-0.4, -0.2) is 96.7 Å². The summed E-state index contributed by atoms with van der Waals surface area (Å²) < 4.78 is 68.5. The van der Waals surface area contributed by atoms with E-state index in [9.17, 15) is 43.2 Å². The van der Waals surface area contributed by atoms with Crippen molar-refractivity contribution in [3.8, 4) is 0 Å². The number of ether oxygens (including phenoxy) is 4. The lowest BCUT2D eigenvalue weighted by molar-refractivity contribution is -0.161. The molecule has 0 heterocycles. The van der Waals surface area contributed by atoms with Crippen molar-refractivity contribution < 1.29 is 80.2 Å². The van der Waals surface area contributed by atoms with E-state index in [0.717, 1.165) is 102 Å². The first-order chi connectivity index (χ1) is 44.9. The van der Waals surface area contributed by atoms with Gasteiger partial charge in [-0.1, -0.05) is 330 Å². The van der Waals surface area contributed by atoms with Crippen molar-refractivity contribution >= 4 is 39.5 Å². The Kier molecular flexibility index (Phi) is 64.6. The largest absolute Gasteiger partial charge is 0.472 e. The molecule has 0 rings (SSSR count). The van der Waals surface area contributed by atoms with Crippen molar-refractivity contribution in [3.63, 3.8) is 0 Å². The molecule has 0 aromatic rings. The molecule has 0 spiro atoms. The van der Waals surface area contributed by atoms with Crippen LogP contribution in [0.1, 0.15) is 382 Å². The van der Waals surface area contributed by atoms with E-state index in [0.29, 0.717) is 31.6 Å². The van der Waals surface area contributed by atoms with E-state index < -0.39 is 97.5 Å². The molecule has 0 fully saturated rings. The van der Waals surface area contributed by atoms with Crippen LogP contribution >= 0.6 is 15.6 Å². The zero-order valence-corrected chi connectivity index (χ0v) is 62.3. The summed E-state index contributed by atoms with van der Waals surface area (Å²) in [5.41, 5.74) is 0. The molecular formula is C74H144O17P2. The van der Waals surface area contributed by atoms with Crippen molar-refractivity contribution in [1.82, 2.24) is 0 Å². The lowest BCUT2D eigenvalue weighted by Crippen LogP contribution is -2.30. The van der Waals surface area contributed by atoms with E-state index in [1.165, 1.54) is 193 Å². The van der Waals surface area contributed by atoms with Crippen LogP contribution in [0.3, 0.4) is 0 Å². The molecule has 0 saturated heterocycles. The maximum absolute atomic E-state index is 13.1. The minimum atomic E-state index is -4.96. The summed E-state index contributed by atoms with van der Waals surface area (Å²) >= 11 is 0. The van der Waals surface area contributed by atoms with Gasteiger partial charge in [0.1, 0.15) is 19.3 Å². The van der Waals surface area contributed by atoms with Gasteiger partial charge in [-0.3, -0.25) is 37.3 Å². The van der Waals surface area contributed by atoms with Crippen molar-refractivity contribution in [1.29, 1.82) is 0 Å². The van der Waals surface area contributed by atoms with Gasteiger partial charge in [-0.05, 0) is 37.5 Å². The molecule has 93 heavy (non-hydrogen) atoms. The van der Waals surface area contributed by atoms with Gasteiger partial charge in [0.25, 0.3) is 0 Å². The molecule has 0 aliphatic carbocycles. The molecule has 0 aliphatic rings. The van der Waals surface area contributed by atoms with Gasteiger partial charge in [0.15, 0.2) is 12.2 Å². The topological polar surface area (TPSA) is 237 Å². The molecule has 0 aromatic carbocycles. The van der Waals surface area contributed by atoms with Crippen LogP contribution in [0.4, 0.5) is 0 Å². The summed E-state index contributed by atoms with van der Waals surface area (Å²) in [5.74, 6) is -0.635. The maximum atomic E-state index is 13.1. The third kappa shape index (κ3) is 68.4. The van der Waals surface area contributed by atoms with E-state index in [2.05, 4.69) is 41.5 Å². The van der Waals surface area contributed by atoms with Crippen LogP contribution in [0.25, 0.3) is 0 Å². The Morgan fingerprint density at radius 1 is 0.290 bits per heavy atom. The summed E-state index contributed by atoms with van der Waals surface area (Å²) in [7, 11) is -9.91. The number of aliphatic hydroxyl groups is 1. The third-order valence-corrected chi connectivity index (χ3v) is 19.1. The zero-order chi connectivity index (χ0) is 68.6. The smallest absolute Gasteiger partial charge is 0.462 e. The molecule has 0 amide bonds. The van der Waals surface area contributed by atoms with Crippen molar-refractivity contribution in [3.05, 3.63) is 0 Å². The summed E-state index contributed by atoms with van der Waals surface area (Å²) in [5, 5.41) is 10.6. The molecule has 17 nitrogen and oxygen atoms in total. The van der Waals surface area contributed by atoms with Gasteiger partial charge in [0, 0.05) is 25.7 Å². The average Bonchev–Trinajstić information content (AvgIpc) is 1.67. The van der Waals surface area contributed by atoms with E-state index in [-0.39, 0.29) is 25.7 Å². The number of carbonyl (C=O) groups is 4. The highest BCUT2D eigenvalue weighted by molar-refractivity contribution is 7.47. The summed E-state index contributed by atoms with van der Waals surface area (Å²) in [6, 6.07) is 0. The molecule has 3 N–H and O–H groups in total.